The largest absolute Gasteiger partial charge is 0.434 e. The van der Waals surface area contributed by atoms with E-state index in [9.17, 15) is 14.4 Å². The number of H-pyrrole nitrogens is 2. The molecular formula is C19H12Cl2N6O4. The molecular weight excluding hydrogens is 447 g/mol. The number of aromatic amines is 2. The number of ether oxygens (including phenoxy) is 1. The number of benzene rings is 1. The Labute approximate surface area is 183 Å². The van der Waals surface area contributed by atoms with Crippen LogP contribution >= 0.6 is 23.2 Å². The topological polar surface area (TPSA) is 147 Å². The summed E-state index contributed by atoms with van der Waals surface area (Å²) < 4.78 is 6.68. The molecule has 1 aromatic carbocycles. The van der Waals surface area contributed by atoms with Crippen LogP contribution in [-0.2, 0) is 6.42 Å². The zero-order valence-electron chi connectivity index (χ0n) is 15.6. The van der Waals surface area contributed by atoms with Crippen LogP contribution in [0.3, 0.4) is 0 Å². The number of aromatic nitrogens is 5. The third-order valence-corrected chi connectivity index (χ3v) is 6.07. The Bertz CT molecular complexity index is 1440. The van der Waals surface area contributed by atoms with Crippen LogP contribution in [0.2, 0.25) is 10.0 Å². The minimum Gasteiger partial charge on any atom is -0.434 e. The molecule has 0 saturated heterocycles. The third kappa shape index (κ3) is 3.22. The van der Waals surface area contributed by atoms with E-state index in [1.165, 1.54) is 12.1 Å². The molecule has 0 bridgehead atoms. The zero-order valence-corrected chi connectivity index (χ0v) is 17.1. The lowest BCUT2D eigenvalue weighted by Gasteiger charge is -2.18. The van der Waals surface area contributed by atoms with Crippen molar-refractivity contribution in [3.63, 3.8) is 0 Å². The maximum atomic E-state index is 12.2. The second kappa shape index (κ2) is 7.08. The molecule has 2 atom stereocenters. The van der Waals surface area contributed by atoms with E-state index in [1.54, 1.807) is 6.07 Å². The summed E-state index contributed by atoms with van der Waals surface area (Å²) in [5.41, 5.74) is -0.882. The van der Waals surface area contributed by atoms with Gasteiger partial charge in [0.15, 0.2) is 5.75 Å². The summed E-state index contributed by atoms with van der Waals surface area (Å²) in [6.07, 6.45) is 2.62. The highest BCUT2D eigenvalue weighted by Crippen LogP contribution is 2.54. The molecule has 3 aromatic rings. The SMILES string of the molecule is N#Cc1nn(-c2cc(Cl)c(Oc3n[nH]c(=O)c4c3CCC3C[C@H]43)c(Cl)c2)c(=O)[nH]c1=O. The first-order chi connectivity index (χ1) is 14.9. The van der Waals surface area contributed by atoms with Crippen LogP contribution in [0.15, 0.2) is 26.5 Å². The summed E-state index contributed by atoms with van der Waals surface area (Å²) in [4.78, 5) is 37.9. The summed E-state index contributed by atoms with van der Waals surface area (Å²) in [6.45, 7) is 0. The number of halogens is 2. The average Bonchev–Trinajstić information content (AvgIpc) is 3.52. The fraction of sp³-hybridized carbons (Fsp3) is 0.263. The van der Waals surface area contributed by atoms with Gasteiger partial charge < -0.3 is 4.74 Å². The van der Waals surface area contributed by atoms with Crippen molar-refractivity contribution in [3.8, 4) is 23.4 Å². The molecule has 0 radical (unpaired) electrons. The number of rotatable bonds is 3. The Morgan fingerprint density at radius 3 is 2.65 bits per heavy atom. The summed E-state index contributed by atoms with van der Waals surface area (Å²) in [6, 6.07) is 4.31. The Morgan fingerprint density at radius 1 is 1.19 bits per heavy atom. The Kier molecular flexibility index (Phi) is 4.46. The number of nitrogens with zero attached hydrogens (tertiary/aromatic N) is 4. The monoisotopic (exact) mass is 458 g/mol. The van der Waals surface area contributed by atoms with Gasteiger partial charge in [-0.1, -0.05) is 23.2 Å². The molecule has 2 N–H and O–H groups in total. The Balaban J connectivity index is 1.56. The van der Waals surface area contributed by atoms with Gasteiger partial charge >= 0.3 is 5.69 Å². The lowest BCUT2D eigenvalue weighted by Crippen LogP contribution is -2.33. The van der Waals surface area contributed by atoms with Gasteiger partial charge in [0.1, 0.15) is 6.07 Å². The molecule has 31 heavy (non-hydrogen) atoms. The maximum Gasteiger partial charge on any atom is 0.349 e. The predicted molar refractivity (Wildman–Crippen MR) is 109 cm³/mol. The van der Waals surface area contributed by atoms with Crippen LogP contribution in [0.25, 0.3) is 5.69 Å². The van der Waals surface area contributed by atoms with Gasteiger partial charge in [-0.15, -0.1) is 10.2 Å². The lowest BCUT2D eigenvalue weighted by atomic mass is 9.94. The lowest BCUT2D eigenvalue weighted by molar-refractivity contribution is 0.440. The molecule has 2 aliphatic carbocycles. The average molecular weight is 459 g/mol. The summed E-state index contributed by atoms with van der Waals surface area (Å²) in [5.74, 6) is 1.09. The third-order valence-electron chi connectivity index (χ3n) is 5.51. The van der Waals surface area contributed by atoms with Crippen molar-refractivity contribution in [1.29, 1.82) is 5.26 Å². The normalized spacial score (nSPS) is 18.6. The first-order valence-corrected chi connectivity index (χ1v) is 10.1. The van der Waals surface area contributed by atoms with Gasteiger partial charge in [-0.2, -0.15) is 9.94 Å². The molecule has 12 heteroatoms. The summed E-state index contributed by atoms with van der Waals surface area (Å²) in [5, 5.41) is 19.3. The van der Waals surface area contributed by atoms with E-state index in [2.05, 4.69) is 15.3 Å². The second-order valence-electron chi connectivity index (χ2n) is 7.36. The molecule has 1 saturated carbocycles. The fourth-order valence-electron chi connectivity index (χ4n) is 3.96. The molecule has 10 nitrogen and oxygen atoms in total. The van der Waals surface area contributed by atoms with E-state index in [0.717, 1.165) is 23.1 Å². The first kappa shape index (κ1) is 19.5. The highest BCUT2D eigenvalue weighted by Gasteiger charge is 2.45. The minimum atomic E-state index is -0.896. The molecule has 1 unspecified atom stereocenters. The standard InChI is InChI=1S/C19H12Cl2N6O4/c20-11-4-8(27-19(30)23-16(28)13(6-22)26-27)5-12(21)15(11)31-18-9-2-1-7-3-10(7)14(9)17(29)24-25-18/h4-5,7,10H,1-3H2,(H,24,29)(H,23,28,30)/t7?,10-/m0/s1. The smallest absolute Gasteiger partial charge is 0.349 e. The van der Waals surface area contributed by atoms with E-state index < -0.39 is 16.9 Å². The van der Waals surface area contributed by atoms with Gasteiger partial charge in [-0.25, -0.2) is 9.89 Å². The number of hydrogen-bond donors (Lipinski definition) is 2. The zero-order chi connectivity index (χ0) is 21.9. The number of nitrogens with one attached hydrogen (secondary N) is 2. The molecule has 156 valence electrons. The second-order valence-corrected chi connectivity index (χ2v) is 8.18. The number of fused-ring (bicyclic) bond motifs is 3. The van der Waals surface area contributed by atoms with E-state index in [0.29, 0.717) is 17.9 Å². The van der Waals surface area contributed by atoms with Gasteiger partial charge in [0.2, 0.25) is 11.6 Å². The molecule has 1 fully saturated rings. The van der Waals surface area contributed by atoms with Crippen LogP contribution in [0, 0.1) is 17.2 Å². The quantitative estimate of drug-likeness (QED) is 0.609. The van der Waals surface area contributed by atoms with Crippen LogP contribution in [-0.4, -0.2) is 25.0 Å². The van der Waals surface area contributed by atoms with Crippen LogP contribution in [0.4, 0.5) is 0 Å². The van der Waals surface area contributed by atoms with Crippen molar-refractivity contribution in [2.75, 3.05) is 0 Å². The number of nitriles is 1. The van der Waals surface area contributed by atoms with Crippen molar-refractivity contribution in [1.82, 2.24) is 25.0 Å². The van der Waals surface area contributed by atoms with Gasteiger partial charge in [-0.05, 0) is 43.2 Å². The maximum absolute atomic E-state index is 12.2. The van der Waals surface area contributed by atoms with Crippen molar-refractivity contribution in [2.24, 2.45) is 5.92 Å². The summed E-state index contributed by atoms with van der Waals surface area (Å²) >= 11 is 12.7. The molecule has 2 aromatic heterocycles. The van der Waals surface area contributed by atoms with Crippen LogP contribution in [0.5, 0.6) is 11.6 Å². The number of hydrogen-bond acceptors (Lipinski definition) is 7. The summed E-state index contributed by atoms with van der Waals surface area (Å²) in [7, 11) is 0. The minimum absolute atomic E-state index is 0.0442. The van der Waals surface area contributed by atoms with Gasteiger partial charge in [0.25, 0.3) is 11.1 Å². The van der Waals surface area contributed by atoms with E-state index in [1.807, 2.05) is 4.98 Å². The highest BCUT2D eigenvalue weighted by molar-refractivity contribution is 6.37. The van der Waals surface area contributed by atoms with Crippen LogP contribution in [0.1, 0.15) is 35.6 Å². The Hall–Kier alpha value is -3.42. The van der Waals surface area contributed by atoms with E-state index >= 15 is 0 Å². The molecule has 5 rings (SSSR count). The van der Waals surface area contributed by atoms with Crippen molar-refractivity contribution in [2.45, 2.75) is 25.2 Å². The van der Waals surface area contributed by atoms with Crippen molar-refractivity contribution >= 4 is 23.2 Å². The predicted octanol–water partition coefficient (Wildman–Crippen LogP) is 2.02. The van der Waals surface area contributed by atoms with E-state index in [4.69, 9.17) is 33.2 Å². The molecule has 2 heterocycles. The molecule has 0 aliphatic heterocycles. The first-order valence-electron chi connectivity index (χ1n) is 9.30. The molecule has 0 amide bonds. The highest BCUT2D eigenvalue weighted by atomic mass is 35.5. The molecule has 0 spiro atoms. The van der Waals surface area contributed by atoms with Crippen LogP contribution < -0.4 is 21.5 Å². The van der Waals surface area contributed by atoms with Gasteiger partial charge in [0, 0.05) is 11.1 Å². The van der Waals surface area contributed by atoms with Gasteiger partial charge in [0.05, 0.1) is 15.7 Å². The van der Waals surface area contributed by atoms with Gasteiger partial charge in [-0.3, -0.25) is 14.6 Å². The van der Waals surface area contributed by atoms with E-state index in [-0.39, 0.29) is 38.8 Å². The Morgan fingerprint density at radius 2 is 1.94 bits per heavy atom. The van der Waals surface area contributed by atoms with Crippen molar-refractivity contribution in [3.05, 3.63) is 70.2 Å². The molecule has 2 aliphatic rings. The fourth-order valence-corrected chi connectivity index (χ4v) is 4.51. The van der Waals surface area contributed by atoms with Crippen molar-refractivity contribution < 1.29 is 4.74 Å².